The Hall–Kier alpha value is -0.870. The third-order valence-electron chi connectivity index (χ3n) is 6.11. The Morgan fingerprint density at radius 3 is 2.76 bits per heavy atom. The van der Waals surface area contributed by atoms with Gasteiger partial charge in [0.15, 0.2) is 5.96 Å². The molecule has 0 saturated heterocycles. The van der Waals surface area contributed by atoms with Crippen LogP contribution >= 0.6 is 35.3 Å². The molecule has 0 aromatic carbocycles. The Bertz CT molecular complexity index is 660. The first-order chi connectivity index (χ1) is 13.5. The number of guanidine groups is 1. The minimum Gasteiger partial charge on any atom is -0.378 e. The van der Waals surface area contributed by atoms with Gasteiger partial charge in [0.05, 0.1) is 6.10 Å². The molecule has 2 aliphatic rings. The summed E-state index contributed by atoms with van der Waals surface area (Å²) in [5.41, 5.74) is 0.234. The highest BCUT2D eigenvalue weighted by Gasteiger charge is 2.56. The van der Waals surface area contributed by atoms with Crippen molar-refractivity contribution in [3.63, 3.8) is 0 Å². The van der Waals surface area contributed by atoms with Crippen LogP contribution in [0.3, 0.4) is 0 Å². The van der Waals surface area contributed by atoms with Gasteiger partial charge in [0.2, 0.25) is 5.91 Å². The number of carbonyl (C=O) groups is 1. The standard InChI is InChI=1S/C21H34N4O2S.HI/c1-4-27-18-14-17(21(18)10-5-6-11-21)24-20(23-15-19(26)25(2)3)22-12-9-16-8-7-13-28-16;/h7-8,13,17-18H,4-6,9-12,14-15H2,1-3H3,(H2,22,23,24);1H. The molecule has 2 atom stereocenters. The number of thiophene rings is 1. The number of rotatable bonds is 8. The van der Waals surface area contributed by atoms with Gasteiger partial charge in [-0.15, -0.1) is 35.3 Å². The summed E-state index contributed by atoms with van der Waals surface area (Å²) >= 11 is 1.77. The summed E-state index contributed by atoms with van der Waals surface area (Å²) < 4.78 is 6.03. The van der Waals surface area contributed by atoms with E-state index in [0.29, 0.717) is 12.1 Å². The molecule has 8 heteroatoms. The van der Waals surface area contributed by atoms with Crippen molar-refractivity contribution in [2.75, 3.05) is 33.8 Å². The van der Waals surface area contributed by atoms with E-state index in [2.05, 4.69) is 40.1 Å². The zero-order chi connectivity index (χ0) is 20.0. The van der Waals surface area contributed by atoms with E-state index in [1.807, 2.05) is 0 Å². The molecule has 6 nitrogen and oxygen atoms in total. The lowest BCUT2D eigenvalue weighted by atomic mass is 9.60. The highest BCUT2D eigenvalue weighted by Crippen LogP contribution is 2.54. The van der Waals surface area contributed by atoms with E-state index in [0.717, 1.165) is 32.0 Å². The number of likely N-dealkylation sites (N-methyl/N-ethyl adjacent to an activating group) is 1. The average molecular weight is 535 g/mol. The molecular formula is C21H35IN4O2S. The first-order valence-corrected chi connectivity index (χ1v) is 11.3. The Labute approximate surface area is 195 Å². The second-order valence-corrected chi connectivity index (χ2v) is 9.06. The topological polar surface area (TPSA) is 66.0 Å². The maximum absolute atomic E-state index is 12.0. The molecule has 1 aromatic heterocycles. The zero-order valence-electron chi connectivity index (χ0n) is 17.8. The smallest absolute Gasteiger partial charge is 0.243 e. The number of hydrogen-bond acceptors (Lipinski definition) is 4. The Balaban J connectivity index is 0.00000300. The number of nitrogens with zero attached hydrogens (tertiary/aromatic N) is 2. The maximum Gasteiger partial charge on any atom is 0.243 e. The van der Waals surface area contributed by atoms with Gasteiger partial charge >= 0.3 is 0 Å². The number of ether oxygens (including phenoxy) is 1. The van der Waals surface area contributed by atoms with Crippen molar-refractivity contribution in [1.29, 1.82) is 0 Å². The lowest BCUT2D eigenvalue weighted by molar-refractivity contribution is -0.127. The van der Waals surface area contributed by atoms with E-state index >= 15 is 0 Å². The Kier molecular flexibility index (Phi) is 9.68. The largest absolute Gasteiger partial charge is 0.378 e. The van der Waals surface area contributed by atoms with E-state index in [4.69, 9.17) is 4.74 Å². The van der Waals surface area contributed by atoms with Crippen LogP contribution in [0.25, 0.3) is 0 Å². The molecule has 2 unspecified atom stereocenters. The third-order valence-corrected chi connectivity index (χ3v) is 7.05. The van der Waals surface area contributed by atoms with E-state index in [9.17, 15) is 4.79 Å². The second-order valence-electron chi connectivity index (χ2n) is 8.03. The summed E-state index contributed by atoms with van der Waals surface area (Å²) in [6.45, 7) is 3.82. The zero-order valence-corrected chi connectivity index (χ0v) is 20.9. The first kappa shape index (κ1) is 24.4. The Morgan fingerprint density at radius 1 is 1.38 bits per heavy atom. The third kappa shape index (κ3) is 6.07. The fourth-order valence-electron chi connectivity index (χ4n) is 4.45. The van der Waals surface area contributed by atoms with Gasteiger partial charge in [0, 0.05) is 43.6 Å². The van der Waals surface area contributed by atoms with E-state index in [1.54, 1.807) is 30.3 Å². The van der Waals surface area contributed by atoms with Crippen LogP contribution in [-0.2, 0) is 16.0 Å². The predicted octanol–water partition coefficient (Wildman–Crippen LogP) is 3.27. The predicted molar refractivity (Wildman–Crippen MR) is 130 cm³/mol. The fraction of sp³-hybridized carbons (Fsp3) is 0.714. The van der Waals surface area contributed by atoms with Crippen molar-refractivity contribution in [3.8, 4) is 0 Å². The van der Waals surface area contributed by atoms with Gasteiger partial charge in [-0.25, -0.2) is 4.99 Å². The summed E-state index contributed by atoms with van der Waals surface area (Å²) in [6, 6.07) is 4.60. The molecule has 0 bridgehead atoms. The molecule has 1 spiro atoms. The van der Waals surface area contributed by atoms with Crippen molar-refractivity contribution >= 4 is 47.2 Å². The summed E-state index contributed by atoms with van der Waals surface area (Å²) in [5, 5.41) is 9.18. The summed E-state index contributed by atoms with van der Waals surface area (Å²) in [5.74, 6) is 0.758. The van der Waals surface area contributed by atoms with Crippen molar-refractivity contribution in [3.05, 3.63) is 22.4 Å². The van der Waals surface area contributed by atoms with Crippen molar-refractivity contribution in [2.24, 2.45) is 10.4 Å². The number of amides is 1. The lowest BCUT2D eigenvalue weighted by Gasteiger charge is -2.54. The normalized spacial score (nSPS) is 22.7. The molecule has 3 rings (SSSR count). The summed E-state index contributed by atoms with van der Waals surface area (Å²) in [4.78, 5) is 19.5. The van der Waals surface area contributed by atoms with Gasteiger partial charge in [0.1, 0.15) is 6.54 Å². The number of aliphatic imine (C=N–C) groups is 1. The minimum absolute atomic E-state index is 0. The molecule has 29 heavy (non-hydrogen) atoms. The number of carbonyl (C=O) groups excluding carboxylic acids is 1. The SMILES string of the molecule is CCOC1CC(NC(=NCC(=O)N(C)C)NCCc2cccs2)C12CCCC2.I. The molecule has 2 aliphatic carbocycles. The Morgan fingerprint density at radius 2 is 2.14 bits per heavy atom. The van der Waals surface area contributed by atoms with E-state index < -0.39 is 0 Å². The van der Waals surface area contributed by atoms with Crippen LogP contribution in [0.2, 0.25) is 0 Å². The molecular weight excluding hydrogens is 499 g/mol. The number of hydrogen-bond donors (Lipinski definition) is 2. The van der Waals surface area contributed by atoms with Gasteiger partial charge in [0.25, 0.3) is 0 Å². The molecule has 164 valence electrons. The fourth-order valence-corrected chi connectivity index (χ4v) is 5.16. The molecule has 0 radical (unpaired) electrons. The first-order valence-electron chi connectivity index (χ1n) is 10.4. The minimum atomic E-state index is 0. The summed E-state index contributed by atoms with van der Waals surface area (Å²) in [7, 11) is 3.53. The molecule has 2 fully saturated rings. The van der Waals surface area contributed by atoms with Crippen molar-refractivity contribution in [1.82, 2.24) is 15.5 Å². The van der Waals surface area contributed by atoms with Crippen LogP contribution in [0.4, 0.5) is 0 Å². The van der Waals surface area contributed by atoms with Gasteiger partial charge in [-0.05, 0) is 44.1 Å². The molecule has 1 heterocycles. The van der Waals surface area contributed by atoms with Crippen molar-refractivity contribution in [2.45, 2.75) is 57.6 Å². The van der Waals surface area contributed by atoms with Gasteiger partial charge in [-0.2, -0.15) is 0 Å². The quantitative estimate of drug-likeness (QED) is 0.305. The molecule has 0 aliphatic heterocycles. The van der Waals surface area contributed by atoms with E-state index in [1.165, 1.54) is 30.6 Å². The highest BCUT2D eigenvalue weighted by atomic mass is 127. The average Bonchev–Trinajstić information content (AvgIpc) is 3.37. The van der Waals surface area contributed by atoms with E-state index in [-0.39, 0.29) is 41.8 Å². The van der Waals surface area contributed by atoms with Gasteiger partial charge < -0.3 is 20.3 Å². The monoisotopic (exact) mass is 534 g/mol. The lowest BCUT2D eigenvalue weighted by Crippen LogP contribution is -2.65. The van der Waals surface area contributed by atoms with Crippen LogP contribution in [-0.4, -0.2) is 62.7 Å². The van der Waals surface area contributed by atoms with Crippen LogP contribution < -0.4 is 10.6 Å². The van der Waals surface area contributed by atoms with Crippen molar-refractivity contribution < 1.29 is 9.53 Å². The summed E-state index contributed by atoms with van der Waals surface area (Å²) in [6.07, 6.45) is 7.31. The van der Waals surface area contributed by atoms with Crippen LogP contribution in [0.1, 0.15) is 43.9 Å². The highest BCUT2D eigenvalue weighted by molar-refractivity contribution is 14.0. The molecule has 1 aromatic rings. The second kappa shape index (κ2) is 11.5. The molecule has 2 N–H and O–H groups in total. The maximum atomic E-state index is 12.0. The van der Waals surface area contributed by atoms with Crippen LogP contribution in [0.15, 0.2) is 22.5 Å². The van der Waals surface area contributed by atoms with Crippen LogP contribution in [0.5, 0.6) is 0 Å². The number of nitrogens with one attached hydrogen (secondary N) is 2. The molecule has 1 amide bonds. The van der Waals surface area contributed by atoms with Gasteiger partial charge in [-0.1, -0.05) is 18.9 Å². The molecule has 2 saturated carbocycles. The van der Waals surface area contributed by atoms with Crippen LogP contribution in [0, 0.1) is 5.41 Å². The number of halogens is 1. The van der Waals surface area contributed by atoms with Gasteiger partial charge in [-0.3, -0.25) is 4.79 Å².